The van der Waals surface area contributed by atoms with E-state index in [1.807, 2.05) is 37.4 Å². The Morgan fingerprint density at radius 1 is 1.24 bits per heavy atom. The maximum Gasteiger partial charge on any atom is 0.222 e. The number of nitrogens with one attached hydrogen (secondary N) is 1. The largest absolute Gasteiger partial charge is 0.439 e. The molecule has 0 radical (unpaired) electrons. The molecule has 0 atom stereocenters. The van der Waals surface area contributed by atoms with E-state index in [1.165, 1.54) is 0 Å². The van der Waals surface area contributed by atoms with Crippen molar-refractivity contribution in [3.63, 3.8) is 0 Å². The van der Waals surface area contributed by atoms with Gasteiger partial charge >= 0.3 is 0 Å². The van der Waals surface area contributed by atoms with Gasteiger partial charge in [0.2, 0.25) is 5.88 Å². The van der Waals surface area contributed by atoms with Crippen LogP contribution in [0.25, 0.3) is 0 Å². The molecule has 0 unspecified atom stereocenters. The molecule has 2 N–H and O–H groups in total. The van der Waals surface area contributed by atoms with Crippen LogP contribution >= 0.6 is 0 Å². The van der Waals surface area contributed by atoms with Crippen molar-refractivity contribution in [2.24, 2.45) is 0 Å². The lowest BCUT2D eigenvalue weighted by molar-refractivity contribution is 0.281. The Labute approximate surface area is 125 Å². The maximum absolute atomic E-state index is 9.14. The Hall–Kier alpha value is -1.91. The van der Waals surface area contributed by atoms with E-state index >= 15 is 0 Å². The summed E-state index contributed by atoms with van der Waals surface area (Å²) in [6, 6.07) is 9.91. The van der Waals surface area contributed by atoms with Crippen molar-refractivity contribution in [3.8, 4) is 11.6 Å². The fourth-order valence-electron chi connectivity index (χ4n) is 1.96. The second-order valence-electron chi connectivity index (χ2n) is 5.41. The van der Waals surface area contributed by atoms with E-state index < -0.39 is 0 Å². The fraction of sp³-hybridized carbons (Fsp3) is 0.353. The lowest BCUT2D eigenvalue weighted by Gasteiger charge is -2.11. The van der Waals surface area contributed by atoms with Crippen LogP contribution in [0.1, 0.15) is 30.5 Å². The molecule has 0 saturated carbocycles. The molecule has 0 aliphatic carbocycles. The third-order valence-electron chi connectivity index (χ3n) is 3.10. The second-order valence-corrected chi connectivity index (χ2v) is 5.41. The minimum atomic E-state index is 0.00339. The summed E-state index contributed by atoms with van der Waals surface area (Å²) in [5, 5.41) is 12.5. The van der Waals surface area contributed by atoms with E-state index in [0.717, 1.165) is 23.2 Å². The molecule has 4 nitrogen and oxygen atoms in total. The minimum Gasteiger partial charge on any atom is -0.439 e. The number of aromatic nitrogens is 1. The molecule has 1 aromatic heterocycles. The lowest BCUT2D eigenvalue weighted by Crippen LogP contribution is -2.21. The predicted octanol–water partition coefficient (Wildman–Crippen LogP) is 3.17. The lowest BCUT2D eigenvalue weighted by atomic mass is 10.2. The Balaban J connectivity index is 2.09. The zero-order valence-electron chi connectivity index (χ0n) is 12.8. The van der Waals surface area contributed by atoms with Crippen LogP contribution in [0.5, 0.6) is 11.6 Å². The summed E-state index contributed by atoms with van der Waals surface area (Å²) in [5.74, 6) is 1.28. The van der Waals surface area contributed by atoms with E-state index in [-0.39, 0.29) is 6.61 Å². The average Bonchev–Trinajstić information content (AvgIpc) is 2.48. The maximum atomic E-state index is 9.14. The van der Waals surface area contributed by atoms with Gasteiger partial charge in [-0.2, -0.15) is 0 Å². The van der Waals surface area contributed by atoms with Gasteiger partial charge in [-0.1, -0.05) is 26.0 Å². The number of pyridine rings is 1. The first kappa shape index (κ1) is 15.5. The van der Waals surface area contributed by atoms with Crippen LogP contribution < -0.4 is 10.1 Å². The van der Waals surface area contributed by atoms with Crippen molar-refractivity contribution in [2.75, 3.05) is 0 Å². The van der Waals surface area contributed by atoms with Gasteiger partial charge in [0.25, 0.3) is 0 Å². The molecule has 4 heteroatoms. The highest BCUT2D eigenvalue weighted by Gasteiger charge is 2.06. The summed E-state index contributed by atoms with van der Waals surface area (Å²) in [4.78, 5) is 4.38. The van der Waals surface area contributed by atoms with Crippen LogP contribution in [0.3, 0.4) is 0 Å². The molecule has 1 heterocycles. The van der Waals surface area contributed by atoms with Crippen molar-refractivity contribution < 1.29 is 9.84 Å². The Kier molecular flexibility index (Phi) is 5.31. The molecule has 0 bridgehead atoms. The highest BCUT2D eigenvalue weighted by atomic mass is 16.5. The predicted molar refractivity (Wildman–Crippen MR) is 83.4 cm³/mol. The number of benzene rings is 1. The zero-order chi connectivity index (χ0) is 15.2. The van der Waals surface area contributed by atoms with Gasteiger partial charge in [-0.25, -0.2) is 4.98 Å². The molecule has 0 saturated heterocycles. The third-order valence-corrected chi connectivity index (χ3v) is 3.10. The van der Waals surface area contributed by atoms with Crippen molar-refractivity contribution in [1.82, 2.24) is 10.3 Å². The molecule has 0 fully saturated rings. The number of aryl methyl sites for hydroxylation is 1. The molecule has 0 amide bonds. The normalized spacial score (nSPS) is 10.9. The highest BCUT2D eigenvalue weighted by Crippen LogP contribution is 2.24. The molecular weight excluding hydrogens is 264 g/mol. The van der Waals surface area contributed by atoms with E-state index in [0.29, 0.717) is 17.7 Å². The van der Waals surface area contributed by atoms with Gasteiger partial charge in [0, 0.05) is 24.3 Å². The summed E-state index contributed by atoms with van der Waals surface area (Å²) in [7, 11) is 0. The number of aliphatic hydroxyl groups is 1. The van der Waals surface area contributed by atoms with Crippen LogP contribution in [0.2, 0.25) is 0 Å². The molecule has 112 valence electrons. The summed E-state index contributed by atoms with van der Waals surface area (Å²) in [6.45, 7) is 7.02. The van der Waals surface area contributed by atoms with Gasteiger partial charge in [-0.05, 0) is 36.2 Å². The minimum absolute atomic E-state index is 0.00339. The van der Waals surface area contributed by atoms with Crippen molar-refractivity contribution in [2.45, 2.75) is 40.0 Å². The molecule has 0 aliphatic heterocycles. The van der Waals surface area contributed by atoms with E-state index in [4.69, 9.17) is 9.84 Å². The molecule has 0 spiro atoms. The summed E-state index contributed by atoms with van der Waals surface area (Å²) >= 11 is 0. The van der Waals surface area contributed by atoms with Gasteiger partial charge in [0.15, 0.2) is 0 Å². The quantitative estimate of drug-likeness (QED) is 0.856. The molecular formula is C17H22N2O2. The van der Waals surface area contributed by atoms with E-state index in [9.17, 15) is 0 Å². The summed E-state index contributed by atoms with van der Waals surface area (Å²) in [6.07, 6.45) is 1.83. The number of nitrogens with zero attached hydrogens (tertiary/aromatic N) is 1. The zero-order valence-corrected chi connectivity index (χ0v) is 12.8. The van der Waals surface area contributed by atoms with Gasteiger partial charge < -0.3 is 15.2 Å². The average molecular weight is 286 g/mol. The SMILES string of the molecule is Cc1cc(CNC(C)C)cnc1Oc1cccc(CO)c1. The standard InChI is InChI=1S/C17H22N2O2/c1-12(2)18-9-15-7-13(3)17(19-10-15)21-16-6-4-5-14(8-16)11-20/h4-8,10,12,18,20H,9,11H2,1-3H3. The van der Waals surface area contributed by atoms with Gasteiger partial charge in [0.1, 0.15) is 5.75 Å². The number of hydrogen-bond donors (Lipinski definition) is 2. The number of aliphatic hydroxyl groups excluding tert-OH is 1. The first-order chi connectivity index (χ1) is 10.1. The number of rotatable bonds is 6. The monoisotopic (exact) mass is 286 g/mol. The van der Waals surface area contributed by atoms with Crippen LogP contribution in [-0.2, 0) is 13.2 Å². The van der Waals surface area contributed by atoms with Crippen LogP contribution in [0.15, 0.2) is 36.5 Å². The molecule has 21 heavy (non-hydrogen) atoms. The fourth-order valence-corrected chi connectivity index (χ4v) is 1.96. The third kappa shape index (κ3) is 4.55. The molecule has 1 aromatic carbocycles. The smallest absolute Gasteiger partial charge is 0.222 e. The van der Waals surface area contributed by atoms with E-state index in [1.54, 1.807) is 0 Å². The van der Waals surface area contributed by atoms with Gasteiger partial charge in [-0.3, -0.25) is 0 Å². The van der Waals surface area contributed by atoms with Crippen molar-refractivity contribution in [3.05, 3.63) is 53.2 Å². The van der Waals surface area contributed by atoms with Gasteiger partial charge in [0.05, 0.1) is 6.61 Å². The Morgan fingerprint density at radius 3 is 2.71 bits per heavy atom. The molecule has 2 aromatic rings. The van der Waals surface area contributed by atoms with E-state index in [2.05, 4.69) is 30.2 Å². The second kappa shape index (κ2) is 7.20. The topological polar surface area (TPSA) is 54.4 Å². The molecule has 0 aliphatic rings. The number of ether oxygens (including phenoxy) is 1. The van der Waals surface area contributed by atoms with Crippen LogP contribution in [0.4, 0.5) is 0 Å². The first-order valence-electron chi connectivity index (χ1n) is 7.15. The summed E-state index contributed by atoms with van der Waals surface area (Å²) < 4.78 is 5.79. The molecule has 2 rings (SSSR count). The van der Waals surface area contributed by atoms with Crippen LogP contribution in [-0.4, -0.2) is 16.1 Å². The Bertz CT molecular complexity index is 597. The van der Waals surface area contributed by atoms with Gasteiger partial charge in [-0.15, -0.1) is 0 Å². The number of hydrogen-bond acceptors (Lipinski definition) is 4. The highest BCUT2D eigenvalue weighted by molar-refractivity contribution is 5.35. The first-order valence-corrected chi connectivity index (χ1v) is 7.15. The van der Waals surface area contributed by atoms with Crippen LogP contribution in [0, 0.1) is 6.92 Å². The van der Waals surface area contributed by atoms with Crippen molar-refractivity contribution in [1.29, 1.82) is 0 Å². The summed E-state index contributed by atoms with van der Waals surface area (Å²) in [5.41, 5.74) is 2.95. The van der Waals surface area contributed by atoms with Crippen molar-refractivity contribution >= 4 is 0 Å². The Morgan fingerprint density at radius 2 is 2.05 bits per heavy atom.